The number of hydrogen-bond acceptors (Lipinski definition) is 4. The van der Waals surface area contributed by atoms with E-state index in [0.717, 1.165) is 42.6 Å². The molecule has 1 aliphatic carbocycles. The lowest BCUT2D eigenvalue weighted by atomic mass is 9.95. The van der Waals surface area contributed by atoms with E-state index < -0.39 is 11.5 Å². The highest BCUT2D eigenvalue weighted by molar-refractivity contribution is 5.99. The summed E-state index contributed by atoms with van der Waals surface area (Å²) in [5, 5.41) is 12.6. The van der Waals surface area contributed by atoms with Crippen LogP contribution in [0.4, 0.5) is 5.69 Å². The maximum absolute atomic E-state index is 12.1. The fourth-order valence-electron chi connectivity index (χ4n) is 4.09. The van der Waals surface area contributed by atoms with E-state index in [4.69, 9.17) is 5.73 Å². The van der Waals surface area contributed by atoms with Gasteiger partial charge in [-0.1, -0.05) is 11.5 Å². The number of amides is 2. The fraction of sp³-hybridized carbons (Fsp3) is 0.478. The summed E-state index contributed by atoms with van der Waals surface area (Å²) in [5.41, 5.74) is 10.6. The third kappa shape index (κ3) is 4.63. The molecule has 1 aromatic carbocycles. The second-order valence-corrected chi connectivity index (χ2v) is 8.50. The highest BCUT2D eigenvalue weighted by Crippen LogP contribution is 2.41. The topological polar surface area (TPSA) is 95.7 Å². The summed E-state index contributed by atoms with van der Waals surface area (Å²) >= 11 is 0. The van der Waals surface area contributed by atoms with Gasteiger partial charge in [-0.2, -0.15) is 0 Å². The van der Waals surface area contributed by atoms with Crippen LogP contribution in [0.5, 0.6) is 0 Å². The Morgan fingerprint density at radius 2 is 2.03 bits per heavy atom. The zero-order valence-corrected chi connectivity index (χ0v) is 17.6. The van der Waals surface area contributed by atoms with Gasteiger partial charge in [0.25, 0.3) is 5.91 Å². The van der Waals surface area contributed by atoms with E-state index in [2.05, 4.69) is 35.9 Å². The first kappa shape index (κ1) is 20.9. The molecule has 2 aliphatic rings. The number of allylic oxidation sites excluding steroid dienone is 2. The molecule has 154 valence electrons. The summed E-state index contributed by atoms with van der Waals surface area (Å²) in [7, 11) is 0. The quantitative estimate of drug-likeness (QED) is 0.682. The molecule has 1 aliphatic heterocycles. The molecule has 0 aromatic heterocycles. The van der Waals surface area contributed by atoms with Crippen LogP contribution in [0, 0.1) is 11.8 Å². The molecule has 0 spiro atoms. The van der Waals surface area contributed by atoms with Gasteiger partial charge in [0.15, 0.2) is 0 Å². The number of nitrogens with two attached hydrogens (primary N) is 1. The van der Waals surface area contributed by atoms with Crippen molar-refractivity contribution >= 4 is 23.1 Å². The molecule has 3 rings (SSSR count). The van der Waals surface area contributed by atoms with Crippen LogP contribution >= 0.6 is 0 Å². The standard InChI is InChI=1S/C23H29N3O3/c1-14-12-18-17(22(24)28)7-8-19(21(18)15(14)2)26-11-5-6-16(13-26)25-20(27)9-10-23(3,4)29/h7-8,16,29H,5-6,11-13H2,1-4H3,(H2,24,28)(H,25,27)/t16-/m0/s1. The molecule has 2 amide bonds. The number of carbonyl (C=O) groups is 2. The number of anilines is 1. The van der Waals surface area contributed by atoms with Crippen LogP contribution in [-0.2, 0) is 11.2 Å². The first-order chi connectivity index (χ1) is 13.6. The van der Waals surface area contributed by atoms with Crippen molar-refractivity contribution in [3.05, 3.63) is 34.4 Å². The summed E-state index contributed by atoms with van der Waals surface area (Å²) in [5.74, 6) is 4.24. The third-order valence-corrected chi connectivity index (χ3v) is 5.59. The average molecular weight is 396 g/mol. The molecule has 1 saturated heterocycles. The van der Waals surface area contributed by atoms with Gasteiger partial charge in [0, 0.05) is 35.9 Å². The molecule has 4 N–H and O–H groups in total. The smallest absolute Gasteiger partial charge is 0.296 e. The minimum absolute atomic E-state index is 0.0226. The number of rotatable bonds is 3. The minimum Gasteiger partial charge on any atom is -0.378 e. The summed E-state index contributed by atoms with van der Waals surface area (Å²) in [6, 6.07) is 3.77. The Hall–Kier alpha value is -2.78. The number of piperidine rings is 1. The highest BCUT2D eigenvalue weighted by Gasteiger charge is 2.29. The van der Waals surface area contributed by atoms with Crippen molar-refractivity contribution in [2.24, 2.45) is 5.73 Å². The molecule has 0 saturated carbocycles. The first-order valence-corrected chi connectivity index (χ1v) is 10.00. The van der Waals surface area contributed by atoms with Crippen LogP contribution < -0.4 is 16.0 Å². The number of primary amides is 1. The van der Waals surface area contributed by atoms with E-state index in [1.54, 1.807) is 13.8 Å². The number of benzene rings is 1. The van der Waals surface area contributed by atoms with Crippen molar-refractivity contribution < 1.29 is 14.7 Å². The van der Waals surface area contributed by atoms with E-state index in [-0.39, 0.29) is 11.9 Å². The van der Waals surface area contributed by atoms with Crippen molar-refractivity contribution in [1.82, 2.24) is 5.32 Å². The summed E-state index contributed by atoms with van der Waals surface area (Å²) in [4.78, 5) is 26.3. The van der Waals surface area contributed by atoms with Crippen LogP contribution in [0.15, 0.2) is 17.7 Å². The van der Waals surface area contributed by atoms with Crippen molar-refractivity contribution in [2.75, 3.05) is 18.0 Å². The summed E-state index contributed by atoms with van der Waals surface area (Å²) < 4.78 is 0. The zero-order chi connectivity index (χ0) is 21.3. The molecule has 0 unspecified atom stereocenters. The normalized spacial score (nSPS) is 18.8. The van der Waals surface area contributed by atoms with E-state index >= 15 is 0 Å². The van der Waals surface area contributed by atoms with E-state index in [1.165, 1.54) is 11.1 Å². The van der Waals surface area contributed by atoms with Crippen LogP contribution in [0.2, 0.25) is 0 Å². The Morgan fingerprint density at radius 3 is 2.69 bits per heavy atom. The molecule has 6 heteroatoms. The summed E-state index contributed by atoms with van der Waals surface area (Å²) in [6.45, 7) is 8.82. The van der Waals surface area contributed by atoms with Gasteiger partial charge in [0.2, 0.25) is 5.91 Å². The highest BCUT2D eigenvalue weighted by atomic mass is 16.3. The molecule has 1 atom stereocenters. The Morgan fingerprint density at radius 1 is 1.31 bits per heavy atom. The predicted molar refractivity (Wildman–Crippen MR) is 114 cm³/mol. The van der Waals surface area contributed by atoms with Crippen LogP contribution in [0.25, 0.3) is 5.57 Å². The van der Waals surface area contributed by atoms with Gasteiger partial charge in [-0.3, -0.25) is 9.59 Å². The van der Waals surface area contributed by atoms with Gasteiger partial charge in [-0.05, 0) is 76.1 Å². The lowest BCUT2D eigenvalue weighted by Crippen LogP contribution is -2.47. The molecular formula is C23H29N3O3. The Labute approximate surface area is 172 Å². The van der Waals surface area contributed by atoms with E-state index in [0.29, 0.717) is 12.1 Å². The van der Waals surface area contributed by atoms with Gasteiger partial charge in [-0.15, -0.1) is 0 Å². The molecule has 29 heavy (non-hydrogen) atoms. The van der Waals surface area contributed by atoms with Gasteiger partial charge in [0.1, 0.15) is 5.60 Å². The molecule has 6 nitrogen and oxygen atoms in total. The molecule has 0 radical (unpaired) electrons. The monoisotopic (exact) mass is 395 g/mol. The second-order valence-electron chi connectivity index (χ2n) is 8.50. The van der Waals surface area contributed by atoms with Crippen molar-refractivity contribution in [2.45, 2.75) is 58.6 Å². The first-order valence-electron chi connectivity index (χ1n) is 10.00. The molecule has 1 heterocycles. The van der Waals surface area contributed by atoms with Gasteiger partial charge in [-0.25, -0.2) is 0 Å². The SMILES string of the molecule is CC1=C(C)c2c(N3CCC[C@H](NC(=O)C#CC(C)(C)O)C3)ccc(C(N)=O)c2C1. The fourth-order valence-corrected chi connectivity index (χ4v) is 4.09. The number of hydrogen-bond donors (Lipinski definition) is 3. The number of nitrogens with one attached hydrogen (secondary N) is 1. The maximum atomic E-state index is 12.1. The Balaban J connectivity index is 1.83. The lowest BCUT2D eigenvalue weighted by Gasteiger charge is -2.36. The van der Waals surface area contributed by atoms with Gasteiger partial charge in [0.05, 0.1) is 0 Å². The maximum Gasteiger partial charge on any atom is 0.296 e. The van der Waals surface area contributed by atoms with Crippen LogP contribution in [0.1, 0.15) is 62.0 Å². The van der Waals surface area contributed by atoms with Crippen molar-refractivity contribution in [3.8, 4) is 11.8 Å². The largest absolute Gasteiger partial charge is 0.378 e. The zero-order valence-electron chi connectivity index (χ0n) is 17.6. The number of aliphatic hydroxyl groups is 1. The Kier molecular flexibility index (Phi) is 5.72. The number of nitrogens with zero attached hydrogens (tertiary/aromatic N) is 1. The van der Waals surface area contributed by atoms with Gasteiger partial charge >= 0.3 is 0 Å². The molecule has 1 fully saturated rings. The van der Waals surface area contributed by atoms with Crippen LogP contribution in [0.3, 0.4) is 0 Å². The van der Waals surface area contributed by atoms with Crippen molar-refractivity contribution in [3.63, 3.8) is 0 Å². The number of fused-ring (bicyclic) bond motifs is 1. The average Bonchev–Trinajstić information content (AvgIpc) is 2.94. The minimum atomic E-state index is -1.19. The second kappa shape index (κ2) is 7.92. The van der Waals surface area contributed by atoms with Crippen molar-refractivity contribution in [1.29, 1.82) is 0 Å². The predicted octanol–water partition coefficient (Wildman–Crippen LogP) is 1.99. The molecule has 1 aromatic rings. The molecule has 0 bridgehead atoms. The van der Waals surface area contributed by atoms with E-state index in [1.807, 2.05) is 12.1 Å². The van der Waals surface area contributed by atoms with Gasteiger partial charge < -0.3 is 21.1 Å². The lowest BCUT2D eigenvalue weighted by molar-refractivity contribution is -0.116. The number of carbonyl (C=O) groups excluding carboxylic acids is 2. The van der Waals surface area contributed by atoms with E-state index in [9.17, 15) is 14.7 Å². The Bertz CT molecular complexity index is 945. The van der Waals surface area contributed by atoms with Crippen LogP contribution in [-0.4, -0.2) is 41.7 Å². The summed E-state index contributed by atoms with van der Waals surface area (Å²) in [6.07, 6.45) is 2.56. The third-order valence-electron chi connectivity index (χ3n) is 5.59. The molecular weight excluding hydrogens is 366 g/mol.